The summed E-state index contributed by atoms with van der Waals surface area (Å²) in [4.78, 5) is 0. The third-order valence-corrected chi connectivity index (χ3v) is 24.2. The van der Waals surface area contributed by atoms with Crippen LogP contribution in [-0.4, -0.2) is 28.5 Å². The van der Waals surface area contributed by atoms with Gasteiger partial charge in [0.1, 0.15) is 0 Å². The first-order valence-corrected chi connectivity index (χ1v) is 20.2. The first-order valence-electron chi connectivity index (χ1n) is 14.5. The summed E-state index contributed by atoms with van der Waals surface area (Å²) in [5, 5.41) is -0.695. The summed E-state index contributed by atoms with van der Waals surface area (Å²) in [6.45, 7) is 0. The molecular formula is C28H53Br2P. The van der Waals surface area contributed by atoms with E-state index < -0.39 is 5.31 Å². The van der Waals surface area contributed by atoms with E-state index in [1.807, 2.05) is 0 Å². The van der Waals surface area contributed by atoms with E-state index in [1.54, 1.807) is 44.7 Å². The molecule has 0 radical (unpaired) electrons. The van der Waals surface area contributed by atoms with E-state index in [0.29, 0.717) is 0 Å². The summed E-state index contributed by atoms with van der Waals surface area (Å²) in [6, 6.07) is 0. The SMILES string of the molecule is BrCCCCCCCCCCP(Br)(C1CCCCC1)(C1CCCCC1)C1CCCCC1. The van der Waals surface area contributed by atoms with E-state index in [-0.39, 0.29) is 0 Å². The van der Waals surface area contributed by atoms with Crippen LogP contribution in [-0.2, 0) is 0 Å². The molecule has 3 heteroatoms. The van der Waals surface area contributed by atoms with Crippen molar-refractivity contribution in [3.05, 3.63) is 0 Å². The van der Waals surface area contributed by atoms with Crippen molar-refractivity contribution in [1.82, 2.24) is 0 Å². The number of rotatable bonds is 13. The summed E-state index contributed by atoms with van der Waals surface area (Å²) >= 11 is 8.59. The van der Waals surface area contributed by atoms with Gasteiger partial charge in [-0.25, -0.2) is 0 Å². The van der Waals surface area contributed by atoms with Gasteiger partial charge in [0.05, 0.1) is 0 Å². The van der Waals surface area contributed by atoms with Crippen molar-refractivity contribution in [2.24, 2.45) is 0 Å². The van der Waals surface area contributed by atoms with Crippen molar-refractivity contribution in [3.63, 3.8) is 0 Å². The van der Waals surface area contributed by atoms with Crippen molar-refractivity contribution in [1.29, 1.82) is 0 Å². The van der Waals surface area contributed by atoms with Crippen LogP contribution in [0.4, 0.5) is 0 Å². The van der Waals surface area contributed by atoms with E-state index in [0.717, 1.165) is 17.0 Å². The fourth-order valence-corrected chi connectivity index (χ4v) is 21.2. The molecule has 0 atom stereocenters. The average Bonchev–Trinajstić information content (AvgIpc) is 2.84. The molecule has 0 unspecified atom stereocenters. The van der Waals surface area contributed by atoms with Crippen LogP contribution >= 0.6 is 36.7 Å². The molecule has 0 nitrogen and oxygen atoms in total. The maximum absolute atomic E-state index is 5.02. The van der Waals surface area contributed by atoms with Crippen LogP contribution < -0.4 is 0 Å². The molecule has 0 aromatic carbocycles. The van der Waals surface area contributed by atoms with Gasteiger partial charge in [-0.15, -0.1) is 0 Å². The van der Waals surface area contributed by atoms with Crippen LogP contribution in [0.5, 0.6) is 0 Å². The Bertz CT molecular complexity index is 427. The monoisotopic (exact) mass is 578 g/mol. The van der Waals surface area contributed by atoms with Crippen molar-refractivity contribution < 1.29 is 0 Å². The summed E-state index contributed by atoms with van der Waals surface area (Å²) in [5.74, 6) is 0. The zero-order valence-corrected chi connectivity index (χ0v) is 24.7. The predicted molar refractivity (Wildman–Crippen MR) is 152 cm³/mol. The van der Waals surface area contributed by atoms with Gasteiger partial charge in [-0.05, 0) is 0 Å². The zero-order valence-electron chi connectivity index (χ0n) is 20.6. The number of hydrogen-bond donors (Lipinski definition) is 0. The van der Waals surface area contributed by atoms with E-state index in [2.05, 4.69) is 15.9 Å². The second kappa shape index (κ2) is 14.1. The molecule has 3 rings (SSSR count). The van der Waals surface area contributed by atoms with Crippen LogP contribution in [0.3, 0.4) is 0 Å². The molecular weight excluding hydrogens is 527 g/mol. The van der Waals surface area contributed by atoms with Crippen LogP contribution in [0, 0.1) is 0 Å². The normalized spacial score (nSPS) is 24.1. The van der Waals surface area contributed by atoms with Gasteiger partial charge < -0.3 is 0 Å². The van der Waals surface area contributed by atoms with E-state index >= 15 is 0 Å². The Morgan fingerprint density at radius 1 is 0.452 bits per heavy atom. The number of unbranched alkanes of at least 4 members (excludes halogenated alkanes) is 7. The second-order valence-electron chi connectivity index (χ2n) is 11.5. The minimum atomic E-state index is -1.88. The molecule has 0 aromatic rings. The maximum atomic E-state index is 5.02. The fourth-order valence-electron chi connectivity index (χ4n) is 8.02. The van der Waals surface area contributed by atoms with Crippen LogP contribution in [0.2, 0.25) is 0 Å². The van der Waals surface area contributed by atoms with Gasteiger partial charge in [0.2, 0.25) is 0 Å². The second-order valence-corrected chi connectivity index (χ2v) is 23.0. The quantitative estimate of drug-likeness (QED) is 0.116. The molecule has 3 fully saturated rings. The summed E-state index contributed by atoms with van der Waals surface area (Å²) < 4.78 is 0. The van der Waals surface area contributed by atoms with Gasteiger partial charge in [0.25, 0.3) is 0 Å². The first-order chi connectivity index (χ1) is 15.2. The Morgan fingerprint density at radius 2 is 0.774 bits per heavy atom. The van der Waals surface area contributed by atoms with Crippen molar-refractivity contribution in [2.45, 2.75) is 165 Å². The molecule has 0 aliphatic heterocycles. The zero-order chi connectivity index (χ0) is 21.9. The number of hydrogen-bond acceptors (Lipinski definition) is 0. The standard InChI is InChI=1S/C28H53Br2P/c29-24-16-5-3-1-2-4-6-17-25-31(30,26-18-10-7-11-19-26,27-20-12-8-13-21-27)28-22-14-9-15-23-28/h26-28H,1-25H2. The average molecular weight is 581 g/mol. The van der Waals surface area contributed by atoms with Crippen LogP contribution in [0.15, 0.2) is 0 Å². The molecule has 0 amide bonds. The fraction of sp³-hybridized carbons (Fsp3) is 1.00. The Labute approximate surface area is 212 Å². The molecule has 0 spiro atoms. The Balaban J connectivity index is 1.68. The van der Waals surface area contributed by atoms with E-state index in [9.17, 15) is 0 Å². The topological polar surface area (TPSA) is 0 Å². The Kier molecular flexibility index (Phi) is 12.2. The van der Waals surface area contributed by atoms with Gasteiger partial charge in [0.15, 0.2) is 0 Å². The van der Waals surface area contributed by atoms with E-state index in [4.69, 9.17) is 15.5 Å². The summed E-state index contributed by atoms with van der Waals surface area (Å²) in [7, 11) is 0. The molecule has 0 heterocycles. The number of alkyl halides is 1. The molecule has 0 N–H and O–H groups in total. The minimum absolute atomic E-state index is 1.08. The number of halogens is 2. The van der Waals surface area contributed by atoms with Gasteiger partial charge in [-0.3, -0.25) is 0 Å². The Morgan fingerprint density at radius 3 is 1.13 bits per heavy atom. The van der Waals surface area contributed by atoms with Gasteiger partial charge in [-0.2, -0.15) is 0 Å². The molecule has 0 saturated heterocycles. The first kappa shape index (κ1) is 27.0. The molecule has 31 heavy (non-hydrogen) atoms. The Hall–Kier alpha value is 1.39. The van der Waals surface area contributed by atoms with Crippen molar-refractivity contribution in [2.75, 3.05) is 11.5 Å². The van der Waals surface area contributed by atoms with Crippen molar-refractivity contribution >= 4 is 36.7 Å². The predicted octanol–water partition coefficient (Wildman–Crippen LogP) is 11.4. The summed E-state index contributed by atoms with van der Waals surface area (Å²) in [5.41, 5.74) is 3.24. The third kappa shape index (κ3) is 6.97. The molecule has 0 bridgehead atoms. The third-order valence-electron chi connectivity index (χ3n) is 9.69. The molecule has 3 aliphatic rings. The molecule has 3 saturated carbocycles. The van der Waals surface area contributed by atoms with Crippen LogP contribution in [0.25, 0.3) is 0 Å². The van der Waals surface area contributed by atoms with Crippen LogP contribution in [0.1, 0.15) is 148 Å². The van der Waals surface area contributed by atoms with Crippen molar-refractivity contribution in [3.8, 4) is 0 Å². The molecule has 3 aliphatic carbocycles. The van der Waals surface area contributed by atoms with E-state index in [1.165, 1.54) is 114 Å². The van der Waals surface area contributed by atoms with Gasteiger partial charge in [-0.1, -0.05) is 0 Å². The van der Waals surface area contributed by atoms with Gasteiger partial charge in [0, 0.05) is 0 Å². The summed E-state index contributed by atoms with van der Waals surface area (Å²) in [6.07, 6.45) is 36.5. The van der Waals surface area contributed by atoms with Gasteiger partial charge >= 0.3 is 213 Å². The molecule has 0 aromatic heterocycles. The molecule has 184 valence electrons.